The summed E-state index contributed by atoms with van der Waals surface area (Å²) in [6.45, 7) is 2.84. The fourth-order valence-electron chi connectivity index (χ4n) is 2.03. The Hall–Kier alpha value is -0.990. The number of ether oxygens (including phenoxy) is 1. The molecule has 0 bridgehead atoms. The Balaban J connectivity index is 1.82. The molecule has 1 nitrogen and oxygen atoms in total. The predicted octanol–water partition coefficient (Wildman–Crippen LogP) is 5.83. The lowest BCUT2D eigenvalue weighted by atomic mass is 9.98. The molecule has 2 aromatic carbocycles. The van der Waals surface area contributed by atoms with Gasteiger partial charge in [0.15, 0.2) is 0 Å². The monoisotopic (exact) mass is 352 g/mol. The molecule has 0 aliphatic carbocycles. The van der Waals surface area contributed by atoms with Gasteiger partial charge in [-0.2, -0.15) is 0 Å². The highest BCUT2D eigenvalue weighted by Crippen LogP contribution is 2.30. The maximum absolute atomic E-state index is 6.50. The minimum Gasteiger partial charge on any atom is -0.494 e. The van der Waals surface area contributed by atoms with Crippen LogP contribution in [-0.4, -0.2) is 6.61 Å². The molecular formula is C17H18BrClO. The van der Waals surface area contributed by atoms with E-state index in [0.717, 1.165) is 16.6 Å². The van der Waals surface area contributed by atoms with E-state index in [1.807, 2.05) is 42.5 Å². The van der Waals surface area contributed by atoms with Gasteiger partial charge >= 0.3 is 0 Å². The number of benzene rings is 2. The van der Waals surface area contributed by atoms with Gasteiger partial charge in [-0.1, -0.05) is 59.3 Å². The zero-order chi connectivity index (χ0) is 14.4. The van der Waals surface area contributed by atoms with Crippen molar-refractivity contribution >= 4 is 27.5 Å². The fourth-order valence-corrected chi connectivity index (χ4v) is 2.68. The molecule has 0 aromatic heterocycles. The van der Waals surface area contributed by atoms with Crippen molar-refractivity contribution in [2.24, 2.45) is 5.92 Å². The number of hydrogen-bond acceptors (Lipinski definition) is 1. The van der Waals surface area contributed by atoms with Crippen molar-refractivity contribution in [3.63, 3.8) is 0 Å². The molecule has 2 atom stereocenters. The molecule has 0 saturated heterocycles. The van der Waals surface area contributed by atoms with E-state index in [1.54, 1.807) is 0 Å². The van der Waals surface area contributed by atoms with Crippen molar-refractivity contribution in [1.82, 2.24) is 0 Å². The maximum atomic E-state index is 6.50. The molecule has 0 spiro atoms. The first-order valence-corrected chi connectivity index (χ1v) is 7.97. The zero-order valence-corrected chi connectivity index (χ0v) is 13.8. The Morgan fingerprint density at radius 2 is 1.85 bits per heavy atom. The van der Waals surface area contributed by atoms with Gasteiger partial charge in [0.1, 0.15) is 5.75 Å². The van der Waals surface area contributed by atoms with Crippen LogP contribution >= 0.6 is 27.5 Å². The molecular weight excluding hydrogens is 336 g/mol. The van der Waals surface area contributed by atoms with Crippen LogP contribution in [0.4, 0.5) is 0 Å². The van der Waals surface area contributed by atoms with Crippen molar-refractivity contribution in [3.8, 4) is 5.75 Å². The number of rotatable bonds is 6. The molecule has 20 heavy (non-hydrogen) atoms. The summed E-state index contributed by atoms with van der Waals surface area (Å²) in [5, 5.41) is 0.0299. The van der Waals surface area contributed by atoms with E-state index < -0.39 is 0 Å². The zero-order valence-electron chi connectivity index (χ0n) is 11.4. The lowest BCUT2D eigenvalue weighted by Crippen LogP contribution is -2.09. The average Bonchev–Trinajstić information content (AvgIpc) is 2.47. The van der Waals surface area contributed by atoms with E-state index in [2.05, 4.69) is 35.0 Å². The summed E-state index contributed by atoms with van der Waals surface area (Å²) < 4.78 is 6.79. The normalized spacial score (nSPS) is 13.8. The smallest absolute Gasteiger partial charge is 0.120 e. The molecule has 2 aromatic rings. The van der Waals surface area contributed by atoms with Crippen LogP contribution in [0.1, 0.15) is 24.3 Å². The second kappa shape index (κ2) is 7.70. The maximum Gasteiger partial charge on any atom is 0.120 e. The predicted molar refractivity (Wildman–Crippen MR) is 88.5 cm³/mol. The molecule has 0 N–H and O–H groups in total. The van der Waals surface area contributed by atoms with Crippen molar-refractivity contribution in [2.45, 2.75) is 18.7 Å². The summed E-state index contributed by atoms with van der Waals surface area (Å²) in [5.41, 5.74) is 1.17. The first-order valence-electron chi connectivity index (χ1n) is 6.74. The summed E-state index contributed by atoms with van der Waals surface area (Å²) in [4.78, 5) is 0. The SMILES string of the molecule is CC(CCOc1cccc(Br)c1)C(Cl)c1ccccc1. The first kappa shape index (κ1) is 15.4. The van der Waals surface area contributed by atoms with Gasteiger partial charge < -0.3 is 4.74 Å². The van der Waals surface area contributed by atoms with Crippen molar-refractivity contribution in [3.05, 3.63) is 64.6 Å². The summed E-state index contributed by atoms with van der Waals surface area (Å²) in [6.07, 6.45) is 0.926. The standard InChI is InChI=1S/C17H18BrClO/c1-13(17(19)14-6-3-2-4-7-14)10-11-20-16-9-5-8-15(18)12-16/h2-9,12-13,17H,10-11H2,1H3. The van der Waals surface area contributed by atoms with Crippen LogP contribution in [-0.2, 0) is 0 Å². The topological polar surface area (TPSA) is 9.23 Å². The van der Waals surface area contributed by atoms with E-state index >= 15 is 0 Å². The van der Waals surface area contributed by atoms with Crippen molar-refractivity contribution in [2.75, 3.05) is 6.61 Å². The lowest BCUT2D eigenvalue weighted by molar-refractivity contribution is 0.281. The van der Waals surface area contributed by atoms with Gasteiger partial charge in [0, 0.05) is 4.47 Å². The molecule has 0 fully saturated rings. The molecule has 106 valence electrons. The highest BCUT2D eigenvalue weighted by Gasteiger charge is 2.16. The molecule has 0 aliphatic rings. The first-order chi connectivity index (χ1) is 9.66. The molecule has 0 saturated carbocycles. The summed E-state index contributed by atoms with van der Waals surface area (Å²) >= 11 is 9.94. The summed E-state index contributed by atoms with van der Waals surface area (Å²) in [6, 6.07) is 18.1. The molecule has 0 radical (unpaired) electrons. The van der Waals surface area contributed by atoms with Gasteiger partial charge in [-0.15, -0.1) is 11.6 Å². The van der Waals surface area contributed by atoms with E-state index in [1.165, 1.54) is 5.56 Å². The third kappa shape index (κ3) is 4.53. The number of hydrogen-bond donors (Lipinski definition) is 0. The highest BCUT2D eigenvalue weighted by molar-refractivity contribution is 9.10. The van der Waals surface area contributed by atoms with Gasteiger partial charge in [-0.05, 0) is 36.1 Å². The van der Waals surface area contributed by atoms with E-state index in [-0.39, 0.29) is 5.38 Å². The third-order valence-corrected chi connectivity index (χ3v) is 4.43. The molecule has 2 rings (SSSR count). The van der Waals surface area contributed by atoms with Gasteiger partial charge in [0.05, 0.1) is 12.0 Å². The minimum absolute atomic E-state index is 0.0299. The summed E-state index contributed by atoms with van der Waals surface area (Å²) in [7, 11) is 0. The minimum atomic E-state index is 0.0299. The number of halogens is 2. The Bertz CT molecular complexity index is 530. The van der Waals surface area contributed by atoms with Gasteiger partial charge in [-0.25, -0.2) is 0 Å². The van der Waals surface area contributed by atoms with E-state index in [0.29, 0.717) is 12.5 Å². The third-order valence-electron chi connectivity index (χ3n) is 3.26. The average molecular weight is 354 g/mol. The van der Waals surface area contributed by atoms with Crippen LogP contribution in [0.3, 0.4) is 0 Å². The van der Waals surface area contributed by atoms with Crippen molar-refractivity contribution < 1.29 is 4.74 Å². The van der Waals surface area contributed by atoms with Gasteiger partial charge in [0.25, 0.3) is 0 Å². The summed E-state index contributed by atoms with van der Waals surface area (Å²) in [5.74, 6) is 1.25. The van der Waals surface area contributed by atoms with Crippen LogP contribution in [0.15, 0.2) is 59.1 Å². The largest absolute Gasteiger partial charge is 0.494 e. The van der Waals surface area contributed by atoms with E-state index in [9.17, 15) is 0 Å². The van der Waals surface area contributed by atoms with Crippen LogP contribution in [0.2, 0.25) is 0 Å². The van der Waals surface area contributed by atoms with Crippen molar-refractivity contribution in [1.29, 1.82) is 0 Å². The molecule has 0 amide bonds. The van der Waals surface area contributed by atoms with Crippen LogP contribution < -0.4 is 4.74 Å². The van der Waals surface area contributed by atoms with E-state index in [4.69, 9.17) is 16.3 Å². The second-order valence-electron chi connectivity index (χ2n) is 4.88. The highest BCUT2D eigenvalue weighted by atomic mass is 79.9. The number of alkyl halides is 1. The quantitative estimate of drug-likeness (QED) is 0.593. The Kier molecular flexibility index (Phi) is 5.93. The fraction of sp³-hybridized carbons (Fsp3) is 0.294. The van der Waals surface area contributed by atoms with Crippen LogP contribution in [0.25, 0.3) is 0 Å². The molecule has 0 aliphatic heterocycles. The van der Waals surface area contributed by atoms with Crippen LogP contribution in [0.5, 0.6) is 5.75 Å². The Labute approximate surface area is 134 Å². The van der Waals surface area contributed by atoms with Crippen LogP contribution in [0, 0.1) is 5.92 Å². The second-order valence-corrected chi connectivity index (χ2v) is 6.27. The van der Waals surface area contributed by atoms with Gasteiger partial charge in [-0.3, -0.25) is 0 Å². The molecule has 0 heterocycles. The van der Waals surface area contributed by atoms with Gasteiger partial charge in [0.2, 0.25) is 0 Å². The molecule has 3 heteroatoms. The lowest BCUT2D eigenvalue weighted by Gasteiger charge is -2.18. The molecule has 2 unspecified atom stereocenters. The Morgan fingerprint density at radius 3 is 2.55 bits per heavy atom. The Morgan fingerprint density at radius 1 is 1.10 bits per heavy atom.